The molecular weight excluding hydrogens is 294 g/mol. The number of carbonyl (C=O) groups is 3. The maximum atomic E-state index is 12.7. The zero-order chi connectivity index (χ0) is 16.4. The van der Waals surface area contributed by atoms with Gasteiger partial charge in [-0.15, -0.1) is 0 Å². The van der Waals surface area contributed by atoms with Gasteiger partial charge in [0.25, 0.3) is 5.91 Å². The summed E-state index contributed by atoms with van der Waals surface area (Å²) < 4.78 is 0. The largest absolute Gasteiger partial charge is 0.371 e. The van der Waals surface area contributed by atoms with Crippen molar-refractivity contribution in [2.75, 3.05) is 18.0 Å². The lowest BCUT2D eigenvalue weighted by Gasteiger charge is -2.25. The molecule has 2 heterocycles. The predicted octanol–water partition coefficient (Wildman–Crippen LogP) is 1.13. The Morgan fingerprint density at radius 3 is 2.70 bits per heavy atom. The highest BCUT2D eigenvalue weighted by molar-refractivity contribution is 6.05. The van der Waals surface area contributed by atoms with Crippen molar-refractivity contribution in [2.24, 2.45) is 0 Å². The van der Waals surface area contributed by atoms with Gasteiger partial charge in [-0.25, -0.2) is 0 Å². The Morgan fingerprint density at radius 1 is 1.26 bits per heavy atom. The van der Waals surface area contributed by atoms with Gasteiger partial charge in [0.2, 0.25) is 11.8 Å². The summed E-state index contributed by atoms with van der Waals surface area (Å²) in [5, 5.41) is 5.03. The van der Waals surface area contributed by atoms with Crippen LogP contribution in [0.1, 0.15) is 41.6 Å². The van der Waals surface area contributed by atoms with Gasteiger partial charge in [0.1, 0.15) is 6.04 Å². The Hall–Kier alpha value is -2.37. The van der Waals surface area contributed by atoms with Gasteiger partial charge in [0.05, 0.1) is 5.56 Å². The summed E-state index contributed by atoms with van der Waals surface area (Å²) >= 11 is 0. The number of piperidine rings is 1. The lowest BCUT2D eigenvalue weighted by atomic mass is 10.0. The van der Waals surface area contributed by atoms with E-state index in [9.17, 15) is 14.4 Å². The van der Waals surface area contributed by atoms with Crippen LogP contribution >= 0.6 is 0 Å². The number of amides is 3. The minimum Gasteiger partial charge on any atom is -0.371 e. The molecule has 6 nitrogen and oxygen atoms in total. The van der Waals surface area contributed by atoms with Crippen molar-refractivity contribution >= 4 is 23.4 Å². The maximum Gasteiger partial charge on any atom is 0.254 e. The van der Waals surface area contributed by atoms with Crippen LogP contribution < -0.4 is 15.5 Å². The molecule has 1 unspecified atom stereocenters. The van der Waals surface area contributed by atoms with Gasteiger partial charge < -0.3 is 10.2 Å². The van der Waals surface area contributed by atoms with E-state index in [2.05, 4.69) is 15.5 Å². The zero-order valence-corrected chi connectivity index (χ0v) is 13.2. The topological polar surface area (TPSA) is 78.5 Å². The number of aryl methyl sites for hydroxylation is 1. The Morgan fingerprint density at radius 2 is 2.00 bits per heavy atom. The fraction of sp³-hybridized carbons (Fsp3) is 0.471. The van der Waals surface area contributed by atoms with Gasteiger partial charge in [-0.1, -0.05) is 11.6 Å². The Labute approximate surface area is 135 Å². The highest BCUT2D eigenvalue weighted by Gasteiger charge is 2.29. The first-order valence-electron chi connectivity index (χ1n) is 8.05. The molecule has 0 bridgehead atoms. The van der Waals surface area contributed by atoms with Crippen LogP contribution in [0.3, 0.4) is 0 Å². The second kappa shape index (κ2) is 6.40. The summed E-state index contributed by atoms with van der Waals surface area (Å²) in [6.45, 7) is 3.83. The van der Waals surface area contributed by atoms with Crippen molar-refractivity contribution in [3.8, 4) is 0 Å². The molecule has 1 atom stereocenters. The van der Waals surface area contributed by atoms with Crippen LogP contribution in [0.2, 0.25) is 0 Å². The molecule has 2 fully saturated rings. The van der Waals surface area contributed by atoms with Crippen LogP contribution in [0.4, 0.5) is 5.69 Å². The summed E-state index contributed by atoms with van der Waals surface area (Å²) in [5.41, 5.74) is 2.51. The summed E-state index contributed by atoms with van der Waals surface area (Å²) in [6, 6.07) is 5.18. The van der Waals surface area contributed by atoms with Gasteiger partial charge in [0, 0.05) is 25.2 Å². The van der Waals surface area contributed by atoms with Crippen molar-refractivity contribution in [2.45, 2.75) is 38.6 Å². The number of nitrogens with one attached hydrogen (secondary N) is 2. The molecule has 2 saturated heterocycles. The molecule has 0 radical (unpaired) electrons. The molecule has 122 valence electrons. The first kappa shape index (κ1) is 15.5. The van der Waals surface area contributed by atoms with Crippen LogP contribution in [-0.2, 0) is 9.59 Å². The average Bonchev–Trinajstić information content (AvgIpc) is 3.04. The van der Waals surface area contributed by atoms with E-state index in [1.165, 1.54) is 0 Å². The van der Waals surface area contributed by atoms with Crippen molar-refractivity contribution in [3.05, 3.63) is 29.3 Å². The van der Waals surface area contributed by atoms with Crippen molar-refractivity contribution in [1.82, 2.24) is 10.6 Å². The molecule has 0 aromatic heterocycles. The number of nitrogens with zero attached hydrogens (tertiary/aromatic N) is 1. The lowest BCUT2D eigenvalue weighted by molar-refractivity contribution is -0.134. The zero-order valence-electron chi connectivity index (χ0n) is 13.2. The number of carbonyl (C=O) groups excluding carboxylic acids is 3. The number of hydrogen-bond donors (Lipinski definition) is 2. The van der Waals surface area contributed by atoms with Crippen LogP contribution in [0, 0.1) is 6.92 Å². The molecule has 23 heavy (non-hydrogen) atoms. The van der Waals surface area contributed by atoms with Gasteiger partial charge in [-0.2, -0.15) is 0 Å². The molecule has 1 aromatic carbocycles. The Balaban J connectivity index is 1.80. The van der Waals surface area contributed by atoms with Crippen molar-refractivity contribution in [1.29, 1.82) is 0 Å². The average molecular weight is 315 g/mol. The predicted molar refractivity (Wildman–Crippen MR) is 86.3 cm³/mol. The second-order valence-electron chi connectivity index (χ2n) is 6.19. The van der Waals surface area contributed by atoms with Gasteiger partial charge in [-0.3, -0.25) is 19.7 Å². The number of benzene rings is 1. The third kappa shape index (κ3) is 3.36. The fourth-order valence-electron chi connectivity index (χ4n) is 3.13. The standard InChI is InChI=1S/C17H21N3O3/c1-11-4-6-14(20-8-2-3-9-20)12(10-11)16(22)18-13-5-7-15(21)19-17(13)23/h4,6,10,13H,2-3,5,7-9H2,1H3,(H,18,22)(H,19,21,23). The number of imide groups is 1. The summed E-state index contributed by atoms with van der Waals surface area (Å²) in [4.78, 5) is 37.9. The van der Waals surface area contributed by atoms with Gasteiger partial charge >= 0.3 is 0 Å². The van der Waals surface area contributed by atoms with E-state index in [1.54, 1.807) is 0 Å². The van der Waals surface area contributed by atoms with E-state index in [4.69, 9.17) is 0 Å². The molecular formula is C17H21N3O3. The first-order chi connectivity index (χ1) is 11.0. The van der Waals surface area contributed by atoms with Crippen LogP contribution in [-0.4, -0.2) is 36.9 Å². The van der Waals surface area contributed by atoms with E-state index < -0.39 is 11.9 Å². The highest BCUT2D eigenvalue weighted by atomic mass is 16.2. The summed E-state index contributed by atoms with van der Waals surface area (Å²) in [7, 11) is 0. The normalized spacial score (nSPS) is 21.3. The van der Waals surface area contributed by atoms with Gasteiger partial charge in [-0.05, 0) is 38.3 Å². The summed E-state index contributed by atoms with van der Waals surface area (Å²) in [5.74, 6) is -0.969. The third-order valence-electron chi connectivity index (χ3n) is 4.39. The number of hydrogen-bond acceptors (Lipinski definition) is 4. The first-order valence-corrected chi connectivity index (χ1v) is 8.05. The molecule has 1 aromatic rings. The highest BCUT2D eigenvalue weighted by Crippen LogP contribution is 2.26. The number of anilines is 1. The van der Waals surface area contributed by atoms with E-state index in [0.717, 1.165) is 37.2 Å². The smallest absolute Gasteiger partial charge is 0.254 e. The van der Waals surface area contributed by atoms with Crippen LogP contribution in [0.25, 0.3) is 0 Å². The van der Waals surface area contributed by atoms with E-state index in [1.807, 2.05) is 25.1 Å². The fourth-order valence-corrected chi connectivity index (χ4v) is 3.13. The molecule has 2 N–H and O–H groups in total. The van der Waals surface area contributed by atoms with Crippen LogP contribution in [0.15, 0.2) is 18.2 Å². The second-order valence-corrected chi connectivity index (χ2v) is 6.19. The molecule has 0 aliphatic carbocycles. The minimum atomic E-state index is -0.646. The Kier molecular flexibility index (Phi) is 4.32. The molecule has 3 amide bonds. The SMILES string of the molecule is Cc1ccc(N2CCCC2)c(C(=O)NC2CCC(=O)NC2=O)c1. The number of rotatable bonds is 3. The quantitative estimate of drug-likeness (QED) is 0.820. The van der Waals surface area contributed by atoms with Crippen LogP contribution in [0.5, 0.6) is 0 Å². The molecule has 6 heteroatoms. The van der Waals surface area contributed by atoms with Gasteiger partial charge in [0.15, 0.2) is 0 Å². The Bertz CT molecular complexity index is 650. The monoisotopic (exact) mass is 315 g/mol. The van der Waals surface area contributed by atoms with Crippen molar-refractivity contribution in [3.63, 3.8) is 0 Å². The molecule has 2 aliphatic rings. The third-order valence-corrected chi connectivity index (χ3v) is 4.39. The van der Waals surface area contributed by atoms with E-state index >= 15 is 0 Å². The van der Waals surface area contributed by atoms with E-state index in [-0.39, 0.29) is 18.2 Å². The molecule has 2 aliphatic heterocycles. The molecule has 0 saturated carbocycles. The minimum absolute atomic E-state index is 0.253. The maximum absolute atomic E-state index is 12.7. The molecule has 3 rings (SSSR count). The lowest BCUT2D eigenvalue weighted by Crippen LogP contribution is -2.52. The molecule has 0 spiro atoms. The van der Waals surface area contributed by atoms with E-state index in [0.29, 0.717) is 12.0 Å². The summed E-state index contributed by atoms with van der Waals surface area (Å²) in [6.07, 6.45) is 2.86. The van der Waals surface area contributed by atoms with Crippen molar-refractivity contribution < 1.29 is 14.4 Å².